The van der Waals surface area contributed by atoms with E-state index in [0.717, 1.165) is 5.92 Å². The highest BCUT2D eigenvalue weighted by molar-refractivity contribution is 5.40. The van der Waals surface area contributed by atoms with Gasteiger partial charge in [-0.2, -0.15) is 0 Å². The second kappa shape index (κ2) is 5.03. The van der Waals surface area contributed by atoms with E-state index in [1.54, 1.807) is 0 Å². The Morgan fingerprint density at radius 3 is 2.38 bits per heavy atom. The van der Waals surface area contributed by atoms with Crippen LogP contribution in [0.2, 0.25) is 0 Å². The Balaban J connectivity index is 3.25. The fourth-order valence-corrected chi connectivity index (χ4v) is 3.35. The van der Waals surface area contributed by atoms with Crippen molar-refractivity contribution >= 4 is 0 Å². The lowest BCUT2D eigenvalue weighted by molar-refractivity contribution is 0.224. The third kappa shape index (κ3) is 2.16. The lowest BCUT2D eigenvalue weighted by Gasteiger charge is -2.43. The highest BCUT2D eigenvalue weighted by Gasteiger charge is 2.37. The third-order valence-corrected chi connectivity index (χ3v) is 4.30. The smallest absolute Gasteiger partial charge is 0.00700 e. The zero-order valence-electron chi connectivity index (χ0n) is 11.3. The summed E-state index contributed by atoms with van der Waals surface area (Å²) in [5, 5.41) is 0. The van der Waals surface area contributed by atoms with Crippen molar-refractivity contribution in [2.45, 2.75) is 47.0 Å². The van der Waals surface area contributed by atoms with Crippen LogP contribution in [0.1, 0.15) is 47.0 Å². The summed E-state index contributed by atoms with van der Waals surface area (Å²) in [5.74, 6) is 1.36. The largest absolute Gasteiger partial charge is 0.0988 e. The highest BCUT2D eigenvalue weighted by Crippen LogP contribution is 2.49. The Morgan fingerprint density at radius 1 is 1.31 bits per heavy atom. The van der Waals surface area contributed by atoms with Crippen molar-refractivity contribution in [1.82, 2.24) is 0 Å². The molecular formula is C16H26. The van der Waals surface area contributed by atoms with Gasteiger partial charge in [0.2, 0.25) is 0 Å². The average molecular weight is 218 g/mol. The number of allylic oxidation sites excluding steroid dienone is 4. The van der Waals surface area contributed by atoms with E-state index in [2.05, 4.69) is 46.9 Å². The Hall–Kier alpha value is -0.780. The molecule has 0 saturated heterocycles. The summed E-state index contributed by atoms with van der Waals surface area (Å²) >= 11 is 0. The van der Waals surface area contributed by atoms with E-state index in [-0.39, 0.29) is 0 Å². The maximum Gasteiger partial charge on any atom is -0.00700 e. The summed E-state index contributed by atoms with van der Waals surface area (Å²) in [6.07, 6.45) is 7.88. The molecule has 0 spiro atoms. The van der Waals surface area contributed by atoms with Gasteiger partial charge in [0.1, 0.15) is 0 Å². The van der Waals surface area contributed by atoms with E-state index >= 15 is 0 Å². The van der Waals surface area contributed by atoms with Gasteiger partial charge in [-0.05, 0) is 41.2 Å². The van der Waals surface area contributed by atoms with Crippen molar-refractivity contribution in [3.05, 3.63) is 36.5 Å². The van der Waals surface area contributed by atoms with Crippen LogP contribution in [0.3, 0.4) is 0 Å². The standard InChI is InChI=1S/C16H26/c1-7-10-16(6)11-12(4)13(5)14(8-2)15(16)9-3/h8-9,12-13H,2-3,7,10-11H2,1,4-6H3. The molecule has 0 heterocycles. The fraction of sp³-hybridized carbons (Fsp3) is 0.625. The first-order valence-electron chi connectivity index (χ1n) is 6.49. The molecule has 1 aliphatic carbocycles. The van der Waals surface area contributed by atoms with Gasteiger partial charge in [0.05, 0.1) is 0 Å². The summed E-state index contributed by atoms with van der Waals surface area (Å²) in [6, 6.07) is 0. The Kier molecular flexibility index (Phi) is 4.18. The molecule has 0 aromatic rings. The number of rotatable bonds is 4. The Morgan fingerprint density at radius 2 is 1.94 bits per heavy atom. The minimum Gasteiger partial charge on any atom is -0.0988 e. The first-order valence-corrected chi connectivity index (χ1v) is 6.49. The lowest BCUT2D eigenvalue weighted by Crippen LogP contribution is -2.31. The first-order chi connectivity index (χ1) is 7.50. The molecule has 0 fully saturated rings. The molecule has 16 heavy (non-hydrogen) atoms. The lowest BCUT2D eigenvalue weighted by atomic mass is 9.62. The van der Waals surface area contributed by atoms with Crippen molar-refractivity contribution in [1.29, 1.82) is 0 Å². The molecule has 0 aromatic heterocycles. The molecule has 1 aliphatic rings. The van der Waals surface area contributed by atoms with Crippen LogP contribution in [0.15, 0.2) is 36.5 Å². The maximum atomic E-state index is 4.01. The predicted molar refractivity (Wildman–Crippen MR) is 73.4 cm³/mol. The van der Waals surface area contributed by atoms with Crippen LogP contribution >= 0.6 is 0 Å². The molecule has 3 atom stereocenters. The van der Waals surface area contributed by atoms with Crippen molar-refractivity contribution in [3.63, 3.8) is 0 Å². The summed E-state index contributed by atoms with van der Waals surface area (Å²) in [4.78, 5) is 0. The minimum atomic E-state index is 0.311. The van der Waals surface area contributed by atoms with Gasteiger partial charge in [0.25, 0.3) is 0 Å². The van der Waals surface area contributed by atoms with E-state index in [4.69, 9.17) is 0 Å². The van der Waals surface area contributed by atoms with Gasteiger partial charge >= 0.3 is 0 Å². The molecule has 0 bridgehead atoms. The monoisotopic (exact) mass is 218 g/mol. The van der Waals surface area contributed by atoms with Crippen molar-refractivity contribution in [2.24, 2.45) is 17.3 Å². The minimum absolute atomic E-state index is 0.311. The van der Waals surface area contributed by atoms with E-state index in [0.29, 0.717) is 11.3 Å². The molecular weight excluding hydrogens is 192 g/mol. The molecule has 90 valence electrons. The molecule has 0 N–H and O–H groups in total. The van der Waals surface area contributed by atoms with E-state index in [1.165, 1.54) is 30.4 Å². The molecule has 0 aromatic carbocycles. The van der Waals surface area contributed by atoms with E-state index < -0.39 is 0 Å². The highest BCUT2D eigenvalue weighted by atomic mass is 14.4. The molecule has 0 heteroatoms. The molecule has 1 rings (SSSR count). The molecule has 0 amide bonds. The van der Waals surface area contributed by atoms with Gasteiger partial charge in [-0.1, -0.05) is 59.4 Å². The van der Waals surface area contributed by atoms with Crippen LogP contribution in [-0.2, 0) is 0 Å². The fourth-order valence-electron chi connectivity index (χ4n) is 3.35. The summed E-state index contributed by atoms with van der Waals surface area (Å²) in [7, 11) is 0. The van der Waals surface area contributed by atoms with Crippen LogP contribution in [0.25, 0.3) is 0 Å². The van der Waals surface area contributed by atoms with Gasteiger partial charge in [0.15, 0.2) is 0 Å². The van der Waals surface area contributed by atoms with Crippen LogP contribution in [0.5, 0.6) is 0 Å². The van der Waals surface area contributed by atoms with Crippen molar-refractivity contribution in [2.75, 3.05) is 0 Å². The van der Waals surface area contributed by atoms with E-state index in [1.807, 2.05) is 6.08 Å². The van der Waals surface area contributed by atoms with Crippen LogP contribution in [0.4, 0.5) is 0 Å². The molecule has 0 radical (unpaired) electrons. The van der Waals surface area contributed by atoms with Gasteiger partial charge in [-0.3, -0.25) is 0 Å². The molecule has 0 aliphatic heterocycles. The van der Waals surface area contributed by atoms with Gasteiger partial charge in [0, 0.05) is 0 Å². The van der Waals surface area contributed by atoms with E-state index in [9.17, 15) is 0 Å². The Labute approximate surface area is 101 Å². The van der Waals surface area contributed by atoms with Crippen LogP contribution in [-0.4, -0.2) is 0 Å². The quantitative estimate of drug-likeness (QED) is 0.613. The summed E-state index contributed by atoms with van der Waals surface area (Å²) < 4.78 is 0. The Bertz CT molecular complexity index is 308. The second-order valence-electron chi connectivity index (χ2n) is 5.56. The molecule has 0 nitrogen and oxygen atoms in total. The van der Waals surface area contributed by atoms with Crippen molar-refractivity contribution in [3.8, 4) is 0 Å². The van der Waals surface area contributed by atoms with Crippen LogP contribution in [0, 0.1) is 17.3 Å². The molecule has 3 unspecified atom stereocenters. The first kappa shape index (κ1) is 13.3. The number of hydrogen-bond acceptors (Lipinski definition) is 0. The van der Waals surface area contributed by atoms with Crippen LogP contribution < -0.4 is 0 Å². The zero-order valence-corrected chi connectivity index (χ0v) is 11.3. The van der Waals surface area contributed by atoms with Gasteiger partial charge < -0.3 is 0 Å². The average Bonchev–Trinajstić information content (AvgIpc) is 2.23. The zero-order chi connectivity index (χ0) is 12.3. The second-order valence-corrected chi connectivity index (χ2v) is 5.56. The van der Waals surface area contributed by atoms with Gasteiger partial charge in [-0.15, -0.1) is 0 Å². The normalized spacial score (nSPS) is 35.0. The predicted octanol–water partition coefficient (Wildman–Crippen LogP) is 5.14. The number of hydrogen-bond donors (Lipinski definition) is 0. The van der Waals surface area contributed by atoms with Gasteiger partial charge in [-0.25, -0.2) is 0 Å². The third-order valence-electron chi connectivity index (χ3n) is 4.30. The van der Waals surface area contributed by atoms with Crippen molar-refractivity contribution < 1.29 is 0 Å². The molecule has 0 saturated carbocycles. The summed E-state index contributed by atoms with van der Waals surface area (Å²) in [5.41, 5.74) is 3.17. The maximum absolute atomic E-state index is 4.01. The summed E-state index contributed by atoms with van der Waals surface area (Å²) in [6.45, 7) is 17.3. The SMILES string of the molecule is C=CC1=C(C=C)C(C)(CCC)CC(C)C1C. The topological polar surface area (TPSA) is 0 Å².